The summed E-state index contributed by atoms with van der Waals surface area (Å²) in [5, 5.41) is 0.340. The molecular weight excluding hydrogens is 279 g/mol. The van der Waals surface area contributed by atoms with E-state index in [1.165, 1.54) is 12.1 Å². The lowest BCUT2D eigenvalue weighted by molar-refractivity contribution is 0.308. The largest absolute Gasteiger partial charge is 0.487 e. The zero-order chi connectivity index (χ0) is 14.7. The second-order valence-electron chi connectivity index (χ2n) is 4.64. The molecule has 2 aromatic rings. The summed E-state index contributed by atoms with van der Waals surface area (Å²) in [6.45, 7) is 0.236. The van der Waals surface area contributed by atoms with Crippen molar-refractivity contribution < 1.29 is 9.13 Å². The lowest BCUT2D eigenvalue weighted by Gasteiger charge is -2.16. The predicted octanol–water partition coefficient (Wildman–Crippen LogP) is 3.71. The number of anilines is 2. The molecule has 2 rings (SSSR count). The zero-order valence-corrected chi connectivity index (χ0v) is 12.1. The van der Waals surface area contributed by atoms with Crippen LogP contribution in [0.1, 0.15) is 5.56 Å². The van der Waals surface area contributed by atoms with Gasteiger partial charge in [-0.05, 0) is 24.3 Å². The van der Waals surface area contributed by atoms with Crippen molar-refractivity contribution in [1.29, 1.82) is 0 Å². The SMILES string of the molecule is CN(C)c1ccc(N)c(OCc2ccc(F)cc2Cl)c1. The predicted molar refractivity (Wildman–Crippen MR) is 80.9 cm³/mol. The summed E-state index contributed by atoms with van der Waals surface area (Å²) in [6.07, 6.45) is 0. The molecule has 0 aromatic heterocycles. The van der Waals surface area contributed by atoms with Crippen LogP contribution in [0, 0.1) is 5.82 Å². The Labute approximate surface area is 122 Å². The Morgan fingerprint density at radius 1 is 1.20 bits per heavy atom. The molecular formula is C15H16ClFN2O. The minimum Gasteiger partial charge on any atom is -0.487 e. The van der Waals surface area contributed by atoms with Gasteiger partial charge in [-0.15, -0.1) is 0 Å². The van der Waals surface area contributed by atoms with Crippen LogP contribution >= 0.6 is 11.6 Å². The first-order valence-corrected chi connectivity index (χ1v) is 6.49. The highest BCUT2D eigenvalue weighted by atomic mass is 35.5. The van der Waals surface area contributed by atoms with E-state index in [0.29, 0.717) is 22.0 Å². The first-order valence-electron chi connectivity index (χ1n) is 6.11. The van der Waals surface area contributed by atoms with Crippen LogP contribution in [-0.4, -0.2) is 14.1 Å². The van der Waals surface area contributed by atoms with Crippen molar-refractivity contribution in [2.45, 2.75) is 6.61 Å². The molecule has 20 heavy (non-hydrogen) atoms. The van der Waals surface area contributed by atoms with Crippen LogP contribution in [0.3, 0.4) is 0 Å². The molecule has 5 heteroatoms. The maximum absolute atomic E-state index is 13.0. The normalized spacial score (nSPS) is 10.4. The second-order valence-corrected chi connectivity index (χ2v) is 5.05. The Morgan fingerprint density at radius 2 is 1.95 bits per heavy atom. The van der Waals surface area contributed by atoms with E-state index in [1.807, 2.05) is 31.1 Å². The van der Waals surface area contributed by atoms with Gasteiger partial charge in [0.1, 0.15) is 18.2 Å². The second kappa shape index (κ2) is 6.01. The summed E-state index contributed by atoms with van der Waals surface area (Å²) in [4.78, 5) is 1.96. The van der Waals surface area contributed by atoms with Gasteiger partial charge < -0.3 is 15.4 Å². The van der Waals surface area contributed by atoms with Gasteiger partial charge in [0.05, 0.1) is 10.7 Å². The smallest absolute Gasteiger partial charge is 0.144 e. The molecule has 0 fully saturated rings. The van der Waals surface area contributed by atoms with Gasteiger partial charge in [-0.25, -0.2) is 4.39 Å². The highest BCUT2D eigenvalue weighted by Gasteiger charge is 2.07. The minimum absolute atomic E-state index is 0.236. The molecule has 0 radical (unpaired) electrons. The van der Waals surface area contributed by atoms with Crippen molar-refractivity contribution in [2.24, 2.45) is 0 Å². The monoisotopic (exact) mass is 294 g/mol. The Morgan fingerprint density at radius 3 is 2.60 bits per heavy atom. The average molecular weight is 295 g/mol. The summed E-state index contributed by atoms with van der Waals surface area (Å²) in [5.41, 5.74) is 8.13. The third kappa shape index (κ3) is 3.33. The van der Waals surface area contributed by atoms with Crippen LogP contribution in [0.5, 0.6) is 5.75 Å². The summed E-state index contributed by atoms with van der Waals surface area (Å²) in [5.74, 6) is 0.212. The summed E-state index contributed by atoms with van der Waals surface area (Å²) >= 11 is 5.96. The van der Waals surface area contributed by atoms with Crippen molar-refractivity contribution in [3.8, 4) is 5.75 Å². The number of halogens is 2. The van der Waals surface area contributed by atoms with Gasteiger partial charge in [-0.3, -0.25) is 0 Å². The number of ether oxygens (including phenoxy) is 1. The van der Waals surface area contributed by atoms with Crippen LogP contribution in [0.15, 0.2) is 36.4 Å². The number of nitrogens with zero attached hydrogens (tertiary/aromatic N) is 1. The van der Waals surface area contributed by atoms with Crippen molar-refractivity contribution in [3.63, 3.8) is 0 Å². The molecule has 0 aliphatic heterocycles. The molecule has 0 atom stereocenters. The molecule has 0 unspecified atom stereocenters. The van der Waals surface area contributed by atoms with Crippen LogP contribution in [0.4, 0.5) is 15.8 Å². The van der Waals surface area contributed by atoms with E-state index in [-0.39, 0.29) is 12.4 Å². The summed E-state index contributed by atoms with van der Waals surface area (Å²) < 4.78 is 18.6. The van der Waals surface area contributed by atoms with E-state index in [9.17, 15) is 4.39 Å². The highest BCUT2D eigenvalue weighted by molar-refractivity contribution is 6.31. The van der Waals surface area contributed by atoms with E-state index >= 15 is 0 Å². The Bertz CT molecular complexity index is 617. The number of nitrogens with two attached hydrogens (primary N) is 1. The molecule has 0 aliphatic rings. The maximum Gasteiger partial charge on any atom is 0.144 e. The molecule has 2 N–H and O–H groups in total. The van der Waals surface area contributed by atoms with E-state index in [4.69, 9.17) is 22.1 Å². The third-order valence-electron chi connectivity index (χ3n) is 2.91. The van der Waals surface area contributed by atoms with Crippen LogP contribution in [-0.2, 0) is 6.61 Å². The number of benzene rings is 2. The first kappa shape index (κ1) is 14.5. The van der Waals surface area contributed by atoms with Gasteiger partial charge in [0.2, 0.25) is 0 Å². The van der Waals surface area contributed by atoms with Gasteiger partial charge in [0, 0.05) is 31.4 Å². The van der Waals surface area contributed by atoms with E-state index in [0.717, 1.165) is 5.69 Å². The van der Waals surface area contributed by atoms with Gasteiger partial charge in [-0.1, -0.05) is 17.7 Å². The van der Waals surface area contributed by atoms with Crippen molar-refractivity contribution in [3.05, 3.63) is 52.8 Å². The third-order valence-corrected chi connectivity index (χ3v) is 3.26. The van der Waals surface area contributed by atoms with Crippen LogP contribution in [0.2, 0.25) is 5.02 Å². The molecule has 0 saturated heterocycles. The van der Waals surface area contributed by atoms with Crippen molar-refractivity contribution >= 4 is 23.0 Å². The lowest BCUT2D eigenvalue weighted by Crippen LogP contribution is -2.09. The highest BCUT2D eigenvalue weighted by Crippen LogP contribution is 2.28. The Kier molecular flexibility index (Phi) is 4.35. The quantitative estimate of drug-likeness (QED) is 0.874. The molecule has 3 nitrogen and oxygen atoms in total. The summed E-state index contributed by atoms with van der Waals surface area (Å²) in [7, 11) is 3.87. The molecule has 2 aromatic carbocycles. The molecule has 0 spiro atoms. The number of nitrogen functional groups attached to an aromatic ring is 1. The molecule has 0 amide bonds. The standard InChI is InChI=1S/C15H16ClFN2O/c1-19(2)12-5-6-14(18)15(8-12)20-9-10-3-4-11(17)7-13(10)16/h3-8H,9,18H2,1-2H3. The van der Waals surface area contributed by atoms with E-state index < -0.39 is 0 Å². The molecule has 0 bridgehead atoms. The van der Waals surface area contributed by atoms with Crippen LogP contribution < -0.4 is 15.4 Å². The van der Waals surface area contributed by atoms with E-state index in [1.54, 1.807) is 12.1 Å². The van der Waals surface area contributed by atoms with E-state index in [2.05, 4.69) is 0 Å². The Balaban J connectivity index is 2.16. The van der Waals surface area contributed by atoms with Gasteiger partial charge >= 0.3 is 0 Å². The first-order chi connectivity index (χ1) is 9.47. The van der Waals surface area contributed by atoms with Crippen LogP contribution in [0.25, 0.3) is 0 Å². The zero-order valence-electron chi connectivity index (χ0n) is 11.4. The average Bonchev–Trinajstić information content (AvgIpc) is 2.39. The molecule has 106 valence electrons. The summed E-state index contributed by atoms with van der Waals surface area (Å²) in [6, 6.07) is 9.77. The number of hydrogen-bond acceptors (Lipinski definition) is 3. The number of hydrogen-bond donors (Lipinski definition) is 1. The topological polar surface area (TPSA) is 38.5 Å². The van der Waals surface area contributed by atoms with Crippen molar-refractivity contribution in [1.82, 2.24) is 0 Å². The molecule has 0 heterocycles. The Hall–Kier alpha value is -1.94. The lowest BCUT2D eigenvalue weighted by atomic mass is 10.2. The van der Waals surface area contributed by atoms with Crippen molar-refractivity contribution in [2.75, 3.05) is 24.7 Å². The van der Waals surface area contributed by atoms with Gasteiger partial charge in [-0.2, -0.15) is 0 Å². The number of rotatable bonds is 4. The van der Waals surface area contributed by atoms with Gasteiger partial charge in [0.25, 0.3) is 0 Å². The van der Waals surface area contributed by atoms with Gasteiger partial charge in [0.15, 0.2) is 0 Å². The molecule has 0 aliphatic carbocycles. The minimum atomic E-state index is -0.368. The fourth-order valence-corrected chi connectivity index (χ4v) is 1.94. The maximum atomic E-state index is 13.0. The molecule has 0 saturated carbocycles. The fraction of sp³-hybridized carbons (Fsp3) is 0.200. The fourth-order valence-electron chi connectivity index (χ4n) is 1.72.